The number of nitriles is 1. The highest BCUT2D eigenvalue weighted by atomic mass is 79.9. The summed E-state index contributed by atoms with van der Waals surface area (Å²) in [5, 5.41) is 14.0. The van der Waals surface area contributed by atoms with Crippen LogP contribution in [0.4, 0.5) is 5.00 Å². The van der Waals surface area contributed by atoms with E-state index in [9.17, 15) is 10.1 Å². The first-order valence-corrected chi connectivity index (χ1v) is 9.00. The van der Waals surface area contributed by atoms with Gasteiger partial charge in [-0.3, -0.25) is 4.79 Å². The van der Waals surface area contributed by atoms with Crippen LogP contribution < -0.4 is 5.32 Å². The van der Waals surface area contributed by atoms with Crippen molar-refractivity contribution < 1.29 is 4.79 Å². The van der Waals surface area contributed by atoms with Crippen molar-refractivity contribution in [2.75, 3.05) is 10.6 Å². The van der Waals surface area contributed by atoms with Gasteiger partial charge in [-0.2, -0.15) is 5.26 Å². The largest absolute Gasteiger partial charge is 0.317 e. The number of halogens is 1. The van der Waals surface area contributed by atoms with Crippen LogP contribution in [0.5, 0.6) is 0 Å². The summed E-state index contributed by atoms with van der Waals surface area (Å²) < 4.78 is 0. The second-order valence-corrected chi connectivity index (χ2v) is 7.26. The molecule has 108 valence electrons. The van der Waals surface area contributed by atoms with Crippen molar-refractivity contribution in [2.24, 2.45) is 5.92 Å². The van der Waals surface area contributed by atoms with E-state index < -0.39 is 0 Å². The summed E-state index contributed by atoms with van der Waals surface area (Å²) in [4.78, 5) is 13.2. The van der Waals surface area contributed by atoms with Crippen LogP contribution in [0.15, 0.2) is 0 Å². The molecule has 0 saturated carbocycles. The molecule has 1 heterocycles. The Morgan fingerprint density at radius 3 is 3.05 bits per heavy atom. The Kier molecular flexibility index (Phi) is 5.62. The van der Waals surface area contributed by atoms with E-state index in [1.54, 1.807) is 11.3 Å². The number of nitrogens with one attached hydrogen (secondary N) is 1. The average Bonchev–Trinajstić information content (AvgIpc) is 2.75. The molecule has 1 aliphatic carbocycles. The summed E-state index contributed by atoms with van der Waals surface area (Å²) in [5.41, 5.74) is 1.87. The van der Waals surface area contributed by atoms with Gasteiger partial charge in [0, 0.05) is 16.6 Å². The molecule has 1 unspecified atom stereocenters. The van der Waals surface area contributed by atoms with Crippen LogP contribution in [0.2, 0.25) is 0 Å². The van der Waals surface area contributed by atoms with Crippen LogP contribution >= 0.6 is 27.3 Å². The molecule has 0 fully saturated rings. The maximum Gasteiger partial charge on any atom is 0.225 e. The van der Waals surface area contributed by atoms with Crippen molar-refractivity contribution in [1.82, 2.24) is 0 Å². The quantitative estimate of drug-likeness (QED) is 0.634. The van der Waals surface area contributed by atoms with E-state index in [1.165, 1.54) is 10.4 Å². The molecule has 0 radical (unpaired) electrons. The lowest BCUT2D eigenvalue weighted by atomic mass is 9.88. The van der Waals surface area contributed by atoms with Gasteiger partial charge in [-0.05, 0) is 43.6 Å². The molecule has 1 atom stereocenters. The third-order valence-electron chi connectivity index (χ3n) is 3.66. The standard InChI is InChI=1S/C15H19BrN2OS/c1-10-5-6-11-12(9-17)15(20-13(11)8-10)18-14(19)4-2-3-7-16/h10H,2-8H2,1H3,(H,18,19). The van der Waals surface area contributed by atoms with Crippen molar-refractivity contribution in [1.29, 1.82) is 5.26 Å². The number of carbonyl (C=O) groups excluding carboxylic acids is 1. The van der Waals surface area contributed by atoms with E-state index >= 15 is 0 Å². The fourth-order valence-corrected chi connectivity index (χ4v) is 4.30. The number of fused-ring (bicyclic) bond motifs is 1. The lowest BCUT2D eigenvalue weighted by Gasteiger charge is -2.17. The second-order valence-electron chi connectivity index (χ2n) is 5.36. The molecule has 1 N–H and O–H groups in total. The van der Waals surface area contributed by atoms with Gasteiger partial charge < -0.3 is 5.32 Å². The van der Waals surface area contributed by atoms with Crippen LogP contribution in [0.25, 0.3) is 0 Å². The number of unbranched alkanes of at least 4 members (excludes halogenated alkanes) is 1. The minimum absolute atomic E-state index is 0.0223. The number of nitrogens with zero attached hydrogens (tertiary/aromatic N) is 1. The number of anilines is 1. The smallest absolute Gasteiger partial charge is 0.225 e. The lowest BCUT2D eigenvalue weighted by molar-refractivity contribution is -0.116. The summed E-state index contributed by atoms with van der Waals surface area (Å²) >= 11 is 4.95. The molecule has 1 aromatic heterocycles. The van der Waals surface area contributed by atoms with E-state index in [0.29, 0.717) is 17.9 Å². The monoisotopic (exact) mass is 354 g/mol. The van der Waals surface area contributed by atoms with Gasteiger partial charge in [0.25, 0.3) is 0 Å². The van der Waals surface area contributed by atoms with E-state index in [-0.39, 0.29) is 5.91 Å². The highest BCUT2D eigenvalue weighted by molar-refractivity contribution is 9.09. The fourth-order valence-electron chi connectivity index (χ4n) is 2.53. The van der Waals surface area contributed by atoms with Gasteiger partial charge in [0.1, 0.15) is 11.1 Å². The Hall–Kier alpha value is -0.860. The van der Waals surface area contributed by atoms with Gasteiger partial charge in [-0.1, -0.05) is 22.9 Å². The van der Waals surface area contributed by atoms with Crippen molar-refractivity contribution in [3.63, 3.8) is 0 Å². The molecule has 0 spiro atoms. The Bertz CT molecular complexity index is 533. The van der Waals surface area contributed by atoms with Gasteiger partial charge in [-0.15, -0.1) is 11.3 Å². The normalized spacial score (nSPS) is 17.4. The fraction of sp³-hybridized carbons (Fsp3) is 0.600. The number of rotatable bonds is 5. The number of hydrogen-bond acceptors (Lipinski definition) is 3. The number of alkyl halides is 1. The number of thiophene rings is 1. The molecule has 0 aromatic carbocycles. The highest BCUT2D eigenvalue weighted by Gasteiger charge is 2.24. The third-order valence-corrected chi connectivity index (χ3v) is 5.39. The van der Waals surface area contributed by atoms with Crippen molar-refractivity contribution in [3.8, 4) is 6.07 Å². The summed E-state index contributed by atoms with van der Waals surface area (Å²) in [6, 6.07) is 2.28. The molecular weight excluding hydrogens is 336 g/mol. The first-order chi connectivity index (χ1) is 9.65. The Morgan fingerprint density at radius 2 is 2.35 bits per heavy atom. The molecule has 0 saturated heterocycles. The van der Waals surface area contributed by atoms with Crippen LogP contribution in [0, 0.1) is 17.2 Å². The maximum absolute atomic E-state index is 11.9. The van der Waals surface area contributed by atoms with E-state index in [1.807, 2.05) is 0 Å². The van der Waals surface area contributed by atoms with Gasteiger partial charge in [0.15, 0.2) is 0 Å². The van der Waals surface area contributed by atoms with Gasteiger partial charge in [-0.25, -0.2) is 0 Å². The van der Waals surface area contributed by atoms with Crippen LogP contribution in [-0.2, 0) is 17.6 Å². The van der Waals surface area contributed by atoms with Crippen molar-refractivity contribution in [3.05, 3.63) is 16.0 Å². The zero-order valence-corrected chi connectivity index (χ0v) is 14.1. The lowest BCUT2D eigenvalue weighted by Crippen LogP contribution is -2.11. The average molecular weight is 355 g/mol. The third kappa shape index (κ3) is 3.62. The van der Waals surface area contributed by atoms with Crippen LogP contribution in [-0.4, -0.2) is 11.2 Å². The Morgan fingerprint density at radius 1 is 1.55 bits per heavy atom. The molecular formula is C15H19BrN2OS. The Labute approximate surface area is 132 Å². The van der Waals surface area contributed by atoms with E-state index in [2.05, 4.69) is 34.2 Å². The number of carbonyl (C=O) groups is 1. The molecule has 3 nitrogen and oxygen atoms in total. The van der Waals surface area contributed by atoms with Crippen molar-refractivity contribution in [2.45, 2.75) is 45.4 Å². The van der Waals surface area contributed by atoms with Gasteiger partial charge >= 0.3 is 0 Å². The van der Waals surface area contributed by atoms with Gasteiger partial charge in [0.2, 0.25) is 5.91 Å². The number of amides is 1. The zero-order valence-electron chi connectivity index (χ0n) is 11.7. The minimum Gasteiger partial charge on any atom is -0.317 e. The summed E-state index contributed by atoms with van der Waals surface area (Å²) in [6.07, 6.45) is 5.54. The van der Waals surface area contributed by atoms with Gasteiger partial charge in [0.05, 0.1) is 5.56 Å². The van der Waals surface area contributed by atoms with Crippen LogP contribution in [0.1, 0.15) is 48.6 Å². The topological polar surface area (TPSA) is 52.9 Å². The molecule has 0 aliphatic heterocycles. The second kappa shape index (κ2) is 7.24. The minimum atomic E-state index is 0.0223. The molecule has 1 aromatic rings. The molecule has 0 bridgehead atoms. The molecule has 1 aliphatic rings. The molecule has 20 heavy (non-hydrogen) atoms. The molecule has 1 amide bonds. The highest BCUT2D eigenvalue weighted by Crippen LogP contribution is 2.39. The van der Waals surface area contributed by atoms with E-state index in [4.69, 9.17) is 0 Å². The maximum atomic E-state index is 11.9. The summed E-state index contributed by atoms with van der Waals surface area (Å²) in [5.74, 6) is 0.698. The summed E-state index contributed by atoms with van der Waals surface area (Å²) in [6.45, 7) is 2.24. The predicted octanol–water partition coefficient (Wildman–Crippen LogP) is 4.25. The Balaban J connectivity index is 2.09. The molecule has 5 heteroatoms. The SMILES string of the molecule is CC1CCc2c(sc(NC(=O)CCCCBr)c2C#N)C1. The van der Waals surface area contributed by atoms with Crippen LogP contribution in [0.3, 0.4) is 0 Å². The first-order valence-electron chi connectivity index (χ1n) is 7.06. The zero-order chi connectivity index (χ0) is 14.5. The summed E-state index contributed by atoms with van der Waals surface area (Å²) in [7, 11) is 0. The first kappa shape index (κ1) is 15.5. The van der Waals surface area contributed by atoms with E-state index in [0.717, 1.165) is 42.4 Å². The van der Waals surface area contributed by atoms with Crippen molar-refractivity contribution >= 4 is 38.2 Å². The predicted molar refractivity (Wildman–Crippen MR) is 86.5 cm³/mol. The molecule has 2 rings (SSSR count). The number of hydrogen-bond donors (Lipinski definition) is 1.